The standard InChI is InChI=1S/C22H16NO.C4H11N.HI/c1-2-16-13-14-23-19(15-16)20(17-9-5-3-6-10-17)21(22(23)24)18-11-7-4-8-12-18;1-3-5-4-2;/h2-15H,1H2;5H,3-4H2,1-2H3;1H/q+1;;/p-1. The van der Waals surface area contributed by atoms with Crippen molar-refractivity contribution in [1.29, 1.82) is 0 Å². The van der Waals surface area contributed by atoms with E-state index in [1.165, 1.54) is 0 Å². The van der Waals surface area contributed by atoms with E-state index in [-0.39, 0.29) is 29.9 Å². The zero-order valence-corrected chi connectivity index (χ0v) is 19.6. The molecule has 1 N–H and O–H groups in total. The maximum absolute atomic E-state index is 13.1. The second-order valence-electron chi connectivity index (χ2n) is 6.66. The van der Waals surface area contributed by atoms with E-state index in [0.717, 1.165) is 46.6 Å². The number of carbonyl (C=O) groups excluding carboxylic acids is 1. The van der Waals surface area contributed by atoms with Crippen molar-refractivity contribution in [3.63, 3.8) is 0 Å². The lowest BCUT2D eigenvalue weighted by Crippen LogP contribution is -3.00. The minimum Gasteiger partial charge on any atom is -1.00 e. The van der Waals surface area contributed by atoms with Crippen molar-refractivity contribution in [3.05, 3.63) is 108 Å². The largest absolute Gasteiger partial charge is 1.00 e. The van der Waals surface area contributed by atoms with Crippen LogP contribution in [-0.4, -0.2) is 19.0 Å². The maximum atomic E-state index is 13.1. The number of fused-ring (bicyclic) bond motifs is 1. The molecule has 4 heteroatoms. The quantitative estimate of drug-likeness (QED) is 0.420. The minimum atomic E-state index is 0. The first-order valence-electron chi connectivity index (χ1n) is 10.00. The van der Waals surface area contributed by atoms with Crippen LogP contribution in [0.1, 0.15) is 41.0 Å². The molecule has 0 fully saturated rings. The molecule has 154 valence electrons. The SMILES string of the molecule is C=Cc1cc[n+]2c(c1)C(c1ccccc1)=C(c1ccccc1)C2=O.CCNCC.[I-]. The Morgan fingerprint density at radius 3 is 1.87 bits per heavy atom. The van der Waals surface area contributed by atoms with Gasteiger partial charge in [0, 0.05) is 12.1 Å². The average molecular weight is 510 g/mol. The van der Waals surface area contributed by atoms with Gasteiger partial charge in [0.15, 0.2) is 6.20 Å². The van der Waals surface area contributed by atoms with Gasteiger partial charge in [0.2, 0.25) is 5.69 Å². The van der Waals surface area contributed by atoms with Gasteiger partial charge in [-0.3, -0.25) is 0 Å². The van der Waals surface area contributed by atoms with Crippen molar-refractivity contribution in [1.82, 2.24) is 5.32 Å². The van der Waals surface area contributed by atoms with Crippen LogP contribution in [0.3, 0.4) is 0 Å². The molecular weight excluding hydrogens is 483 g/mol. The molecule has 3 nitrogen and oxygen atoms in total. The lowest BCUT2D eigenvalue weighted by Gasteiger charge is -2.03. The third-order valence-electron chi connectivity index (χ3n) is 4.78. The van der Waals surface area contributed by atoms with E-state index in [0.29, 0.717) is 0 Å². The first-order chi connectivity index (χ1) is 14.2. The molecule has 0 bridgehead atoms. The molecule has 0 radical (unpaired) electrons. The molecule has 0 saturated heterocycles. The predicted molar refractivity (Wildman–Crippen MR) is 120 cm³/mol. The van der Waals surface area contributed by atoms with E-state index in [1.54, 1.807) is 10.6 Å². The zero-order valence-electron chi connectivity index (χ0n) is 17.4. The maximum Gasteiger partial charge on any atom is 0.426 e. The molecule has 0 unspecified atom stereocenters. The number of aromatic nitrogens is 1. The summed E-state index contributed by atoms with van der Waals surface area (Å²) in [5.41, 5.74) is 5.58. The second kappa shape index (κ2) is 11.6. The van der Waals surface area contributed by atoms with Gasteiger partial charge < -0.3 is 29.3 Å². The Labute approximate surface area is 196 Å². The summed E-state index contributed by atoms with van der Waals surface area (Å²) < 4.78 is 1.72. The lowest BCUT2D eigenvalue weighted by molar-refractivity contribution is -0.568. The Morgan fingerprint density at radius 1 is 0.867 bits per heavy atom. The third-order valence-corrected chi connectivity index (χ3v) is 4.78. The van der Waals surface area contributed by atoms with Crippen LogP contribution in [0.4, 0.5) is 0 Å². The molecule has 0 spiro atoms. The molecule has 1 aliphatic rings. The van der Waals surface area contributed by atoms with E-state index in [9.17, 15) is 4.79 Å². The number of hydrogen-bond donors (Lipinski definition) is 1. The van der Waals surface area contributed by atoms with Gasteiger partial charge in [0.25, 0.3) is 0 Å². The van der Waals surface area contributed by atoms with E-state index >= 15 is 0 Å². The highest BCUT2D eigenvalue weighted by atomic mass is 127. The normalized spacial score (nSPS) is 11.9. The Kier molecular flexibility index (Phi) is 9.15. The minimum absolute atomic E-state index is 0. The molecular formula is C26H27IN2O. The molecule has 2 heterocycles. The van der Waals surface area contributed by atoms with Crippen molar-refractivity contribution in [3.8, 4) is 0 Å². The Hall–Kier alpha value is -2.57. The van der Waals surface area contributed by atoms with Gasteiger partial charge in [-0.05, 0) is 29.8 Å². The van der Waals surface area contributed by atoms with Crippen LogP contribution in [0.5, 0.6) is 0 Å². The van der Waals surface area contributed by atoms with E-state index in [2.05, 4.69) is 25.7 Å². The van der Waals surface area contributed by atoms with Crippen LogP contribution in [0, 0.1) is 0 Å². The highest BCUT2D eigenvalue weighted by molar-refractivity contribution is 6.28. The fourth-order valence-electron chi connectivity index (χ4n) is 3.39. The van der Waals surface area contributed by atoms with Crippen molar-refractivity contribution in [2.24, 2.45) is 0 Å². The summed E-state index contributed by atoms with van der Waals surface area (Å²) in [6, 6.07) is 23.8. The van der Waals surface area contributed by atoms with Crippen LogP contribution < -0.4 is 33.9 Å². The molecule has 1 aromatic heterocycles. The monoisotopic (exact) mass is 510 g/mol. The van der Waals surface area contributed by atoms with Gasteiger partial charge in [0.05, 0.1) is 5.57 Å². The topological polar surface area (TPSA) is 33.0 Å². The van der Waals surface area contributed by atoms with Crippen LogP contribution in [0.25, 0.3) is 17.2 Å². The first-order valence-corrected chi connectivity index (χ1v) is 10.00. The van der Waals surface area contributed by atoms with Crippen molar-refractivity contribution >= 4 is 23.1 Å². The van der Waals surface area contributed by atoms with Crippen LogP contribution >= 0.6 is 0 Å². The Morgan fingerprint density at radius 2 is 1.40 bits per heavy atom. The summed E-state index contributed by atoms with van der Waals surface area (Å²) in [6.07, 6.45) is 3.63. The number of carbonyl (C=O) groups is 1. The zero-order chi connectivity index (χ0) is 20.6. The fourth-order valence-corrected chi connectivity index (χ4v) is 3.39. The van der Waals surface area contributed by atoms with Gasteiger partial charge in [-0.25, -0.2) is 4.79 Å². The number of pyridine rings is 1. The van der Waals surface area contributed by atoms with Crippen molar-refractivity contribution in [2.45, 2.75) is 13.8 Å². The average Bonchev–Trinajstić information content (AvgIpc) is 3.07. The number of hydrogen-bond acceptors (Lipinski definition) is 2. The number of nitrogens with one attached hydrogen (secondary N) is 1. The molecule has 0 aliphatic carbocycles. The van der Waals surface area contributed by atoms with Gasteiger partial charge in [-0.2, -0.15) is 0 Å². The first kappa shape index (κ1) is 23.7. The predicted octanol–water partition coefficient (Wildman–Crippen LogP) is 1.85. The summed E-state index contributed by atoms with van der Waals surface area (Å²) in [5, 5.41) is 3.11. The smallest absolute Gasteiger partial charge is 0.426 e. The molecule has 4 rings (SSSR count). The van der Waals surface area contributed by atoms with Crippen LogP contribution in [0.2, 0.25) is 0 Å². The Bertz CT molecular complexity index is 1030. The molecule has 3 aromatic rings. The summed E-state index contributed by atoms with van der Waals surface area (Å²) in [6.45, 7) is 10.2. The summed E-state index contributed by atoms with van der Waals surface area (Å²) >= 11 is 0. The molecule has 0 saturated carbocycles. The summed E-state index contributed by atoms with van der Waals surface area (Å²) in [4.78, 5) is 13.1. The number of allylic oxidation sites excluding steroid dienone is 1. The van der Waals surface area contributed by atoms with Crippen LogP contribution in [-0.2, 0) is 0 Å². The Balaban J connectivity index is 0.000000482. The second-order valence-corrected chi connectivity index (χ2v) is 6.66. The van der Waals surface area contributed by atoms with Gasteiger partial charge >= 0.3 is 5.91 Å². The summed E-state index contributed by atoms with van der Waals surface area (Å²) in [7, 11) is 0. The van der Waals surface area contributed by atoms with E-state index < -0.39 is 0 Å². The third kappa shape index (κ3) is 5.12. The molecule has 0 amide bonds. The number of rotatable bonds is 5. The van der Waals surface area contributed by atoms with Crippen LogP contribution in [0.15, 0.2) is 85.6 Å². The van der Waals surface area contributed by atoms with E-state index in [1.807, 2.05) is 79.0 Å². The molecule has 30 heavy (non-hydrogen) atoms. The number of halogens is 1. The van der Waals surface area contributed by atoms with E-state index in [4.69, 9.17) is 0 Å². The van der Waals surface area contributed by atoms with Crippen molar-refractivity contribution < 1.29 is 33.3 Å². The van der Waals surface area contributed by atoms with Crippen molar-refractivity contribution in [2.75, 3.05) is 13.1 Å². The highest BCUT2D eigenvalue weighted by Gasteiger charge is 2.39. The lowest BCUT2D eigenvalue weighted by atomic mass is 9.94. The molecule has 0 atom stereocenters. The molecule has 2 aromatic carbocycles. The number of nitrogens with zero attached hydrogens (tertiary/aromatic N) is 1. The highest BCUT2D eigenvalue weighted by Crippen LogP contribution is 2.35. The van der Waals surface area contributed by atoms with Gasteiger partial charge in [-0.15, -0.1) is 4.57 Å². The fraction of sp³-hybridized carbons (Fsp3) is 0.154. The van der Waals surface area contributed by atoms with Gasteiger partial charge in [-0.1, -0.05) is 87.2 Å². The summed E-state index contributed by atoms with van der Waals surface area (Å²) in [5.74, 6) is 0.00525. The van der Waals surface area contributed by atoms with Gasteiger partial charge in [0.1, 0.15) is 5.57 Å². The number of benzene rings is 2. The molecule has 1 aliphatic heterocycles.